The highest BCUT2D eigenvalue weighted by molar-refractivity contribution is 6.05. The van der Waals surface area contributed by atoms with Crippen LogP contribution in [0.5, 0.6) is 0 Å². The van der Waals surface area contributed by atoms with Gasteiger partial charge in [-0.1, -0.05) is 11.6 Å². The Morgan fingerprint density at radius 1 is 1.11 bits per heavy atom. The number of fused-ring (bicyclic) bond motifs is 1. The molecule has 0 aliphatic heterocycles. The van der Waals surface area contributed by atoms with Gasteiger partial charge in [0.25, 0.3) is 11.4 Å². The molecule has 138 valence electrons. The molecule has 1 aromatic heterocycles. The molecule has 3 aromatic rings. The maximum atomic E-state index is 12.3. The topological polar surface area (TPSA) is 118 Å². The molecule has 2 aromatic carbocycles. The minimum absolute atomic E-state index is 0.120. The van der Waals surface area contributed by atoms with Crippen molar-refractivity contribution in [2.75, 3.05) is 6.61 Å². The molecule has 0 saturated heterocycles. The van der Waals surface area contributed by atoms with E-state index in [1.807, 2.05) is 13.0 Å². The lowest BCUT2D eigenvalue weighted by Gasteiger charge is -2.06. The van der Waals surface area contributed by atoms with E-state index < -0.39 is 21.5 Å². The highest BCUT2D eigenvalue weighted by Gasteiger charge is 2.24. The number of hydrogen-bond donors (Lipinski definition) is 0. The van der Waals surface area contributed by atoms with Gasteiger partial charge in [-0.25, -0.2) is 4.79 Å². The summed E-state index contributed by atoms with van der Waals surface area (Å²) in [6.07, 6.45) is 1.45. The van der Waals surface area contributed by atoms with Crippen LogP contribution in [0, 0.1) is 27.2 Å². The van der Waals surface area contributed by atoms with Crippen LogP contribution in [0.15, 0.2) is 42.6 Å². The van der Waals surface area contributed by atoms with Crippen molar-refractivity contribution in [2.45, 2.75) is 13.8 Å². The summed E-state index contributed by atoms with van der Waals surface area (Å²) in [7, 11) is 0. The summed E-state index contributed by atoms with van der Waals surface area (Å²) in [5, 5.41) is 23.0. The van der Waals surface area contributed by atoms with Crippen LogP contribution in [0.2, 0.25) is 0 Å². The lowest BCUT2D eigenvalue weighted by atomic mass is 10.1. The maximum absolute atomic E-state index is 12.3. The minimum Gasteiger partial charge on any atom is -0.462 e. The molecule has 0 amide bonds. The quantitative estimate of drug-likeness (QED) is 0.382. The third-order valence-corrected chi connectivity index (χ3v) is 4.08. The molecule has 9 heteroatoms. The van der Waals surface area contributed by atoms with Gasteiger partial charge in [-0.2, -0.15) is 0 Å². The molecule has 0 aliphatic rings. The van der Waals surface area contributed by atoms with Crippen LogP contribution in [-0.4, -0.2) is 27.0 Å². The van der Waals surface area contributed by atoms with Gasteiger partial charge in [0.2, 0.25) is 0 Å². The highest BCUT2D eigenvalue weighted by Crippen LogP contribution is 2.33. The predicted molar refractivity (Wildman–Crippen MR) is 97.3 cm³/mol. The Labute approximate surface area is 153 Å². The van der Waals surface area contributed by atoms with E-state index in [0.717, 1.165) is 11.6 Å². The van der Waals surface area contributed by atoms with Crippen LogP contribution in [0.1, 0.15) is 22.8 Å². The molecule has 9 nitrogen and oxygen atoms in total. The molecule has 0 fully saturated rings. The first-order valence-corrected chi connectivity index (χ1v) is 8.05. The fraction of sp³-hybridized carbons (Fsp3) is 0.167. The molecule has 0 atom stereocenters. The number of nitro benzene ring substituents is 2. The van der Waals surface area contributed by atoms with Gasteiger partial charge in [-0.3, -0.25) is 20.2 Å². The summed E-state index contributed by atoms with van der Waals surface area (Å²) in [6, 6.07) is 8.72. The van der Waals surface area contributed by atoms with E-state index >= 15 is 0 Å². The number of rotatable bonds is 5. The van der Waals surface area contributed by atoms with Crippen LogP contribution in [0.4, 0.5) is 11.4 Å². The van der Waals surface area contributed by atoms with Crippen molar-refractivity contribution in [3.05, 3.63) is 74.0 Å². The fourth-order valence-corrected chi connectivity index (χ4v) is 2.89. The molecule has 27 heavy (non-hydrogen) atoms. The second-order valence-electron chi connectivity index (χ2n) is 5.84. The Morgan fingerprint density at radius 3 is 2.48 bits per heavy atom. The molecule has 3 rings (SSSR count). The number of esters is 1. The van der Waals surface area contributed by atoms with Crippen molar-refractivity contribution in [2.24, 2.45) is 0 Å². The second kappa shape index (κ2) is 6.87. The first kappa shape index (κ1) is 18.1. The Kier molecular flexibility index (Phi) is 4.59. The third-order valence-electron chi connectivity index (χ3n) is 4.08. The number of aromatic nitrogens is 1. The predicted octanol–water partition coefficient (Wildman–Crippen LogP) is 3.93. The zero-order valence-electron chi connectivity index (χ0n) is 14.5. The second-order valence-corrected chi connectivity index (χ2v) is 5.84. The normalized spacial score (nSPS) is 10.7. The summed E-state index contributed by atoms with van der Waals surface area (Å²) in [5.41, 5.74) is 1.03. The smallest absolute Gasteiger partial charge is 0.340 e. The Hall–Kier alpha value is -3.75. The minimum atomic E-state index is -0.696. The van der Waals surface area contributed by atoms with Gasteiger partial charge in [0.15, 0.2) is 0 Å². The van der Waals surface area contributed by atoms with Crippen molar-refractivity contribution in [3.8, 4) is 5.69 Å². The van der Waals surface area contributed by atoms with Crippen LogP contribution in [0.3, 0.4) is 0 Å². The van der Waals surface area contributed by atoms with Gasteiger partial charge in [0, 0.05) is 17.6 Å². The highest BCUT2D eigenvalue weighted by atomic mass is 16.6. The van der Waals surface area contributed by atoms with E-state index in [2.05, 4.69) is 0 Å². The lowest BCUT2D eigenvalue weighted by molar-refractivity contribution is -0.394. The molecule has 1 heterocycles. The van der Waals surface area contributed by atoms with E-state index in [-0.39, 0.29) is 23.5 Å². The van der Waals surface area contributed by atoms with Crippen molar-refractivity contribution in [1.82, 2.24) is 4.57 Å². The number of carbonyl (C=O) groups excluding carboxylic acids is 1. The summed E-state index contributed by atoms with van der Waals surface area (Å²) in [5.74, 6) is -0.545. The van der Waals surface area contributed by atoms with E-state index in [1.165, 1.54) is 22.9 Å². The molecule has 0 N–H and O–H groups in total. The SMILES string of the molecule is CCOC(=O)c1cn(-c2ccc([N+](=O)[O-])cc2[N+](=O)[O-])c2ccc(C)cc12. The Bertz CT molecular complexity index is 1090. The van der Waals surface area contributed by atoms with Crippen molar-refractivity contribution >= 4 is 28.2 Å². The third kappa shape index (κ3) is 3.22. The number of non-ortho nitro benzene ring substituents is 1. The lowest BCUT2D eigenvalue weighted by Crippen LogP contribution is -2.04. The molecular formula is C18H15N3O6. The Morgan fingerprint density at radius 2 is 1.85 bits per heavy atom. The molecule has 0 saturated carbocycles. The van der Waals surface area contributed by atoms with E-state index in [9.17, 15) is 25.0 Å². The Balaban J connectivity index is 2.30. The van der Waals surface area contributed by atoms with Crippen molar-refractivity contribution in [1.29, 1.82) is 0 Å². The van der Waals surface area contributed by atoms with Gasteiger partial charge in [0.05, 0.1) is 33.6 Å². The van der Waals surface area contributed by atoms with Gasteiger partial charge >= 0.3 is 5.97 Å². The summed E-state index contributed by atoms with van der Waals surface area (Å²) >= 11 is 0. The first-order chi connectivity index (χ1) is 12.8. The number of benzene rings is 2. The first-order valence-electron chi connectivity index (χ1n) is 8.05. The van der Waals surface area contributed by atoms with Crippen molar-refractivity contribution in [3.63, 3.8) is 0 Å². The van der Waals surface area contributed by atoms with Gasteiger partial charge < -0.3 is 9.30 Å². The summed E-state index contributed by atoms with van der Waals surface area (Å²) in [4.78, 5) is 33.4. The summed E-state index contributed by atoms with van der Waals surface area (Å²) < 4.78 is 6.55. The number of carbonyl (C=O) groups is 1. The average Bonchev–Trinajstić information content (AvgIpc) is 2.99. The van der Waals surface area contributed by atoms with E-state index in [0.29, 0.717) is 10.9 Å². The van der Waals surface area contributed by atoms with Crippen LogP contribution in [0.25, 0.3) is 16.6 Å². The van der Waals surface area contributed by atoms with E-state index in [1.54, 1.807) is 19.1 Å². The molecule has 0 unspecified atom stereocenters. The zero-order chi connectivity index (χ0) is 19.7. The molecule has 0 bridgehead atoms. The fourth-order valence-electron chi connectivity index (χ4n) is 2.89. The largest absolute Gasteiger partial charge is 0.462 e. The number of ether oxygens (including phenoxy) is 1. The molecule has 0 aliphatic carbocycles. The standard InChI is InChI=1S/C18H15N3O6/c1-3-27-18(22)14-10-19(15-6-4-11(2)8-13(14)15)16-7-5-12(20(23)24)9-17(16)21(25)26/h4-10H,3H2,1-2H3. The average molecular weight is 369 g/mol. The number of hydrogen-bond acceptors (Lipinski definition) is 6. The molecular weight excluding hydrogens is 354 g/mol. The van der Waals surface area contributed by atoms with Crippen LogP contribution < -0.4 is 0 Å². The maximum Gasteiger partial charge on any atom is 0.340 e. The van der Waals surface area contributed by atoms with E-state index in [4.69, 9.17) is 4.74 Å². The number of nitrogens with zero attached hydrogens (tertiary/aromatic N) is 3. The zero-order valence-corrected chi connectivity index (χ0v) is 14.5. The van der Waals surface area contributed by atoms with Gasteiger partial charge in [-0.05, 0) is 32.0 Å². The number of nitro groups is 2. The van der Waals surface area contributed by atoms with Crippen LogP contribution in [-0.2, 0) is 4.74 Å². The van der Waals surface area contributed by atoms with Crippen molar-refractivity contribution < 1.29 is 19.4 Å². The van der Waals surface area contributed by atoms with Gasteiger partial charge in [0.1, 0.15) is 5.69 Å². The molecule has 0 radical (unpaired) electrons. The number of aryl methyl sites for hydroxylation is 1. The molecule has 0 spiro atoms. The monoisotopic (exact) mass is 369 g/mol. The van der Waals surface area contributed by atoms with Gasteiger partial charge in [-0.15, -0.1) is 0 Å². The summed E-state index contributed by atoms with van der Waals surface area (Å²) in [6.45, 7) is 3.73. The van der Waals surface area contributed by atoms with Crippen LogP contribution >= 0.6 is 0 Å².